The molecule has 0 aliphatic carbocycles. The van der Waals surface area contributed by atoms with E-state index in [0.717, 1.165) is 12.1 Å². The lowest BCUT2D eigenvalue weighted by atomic mass is 9.97. The minimum Gasteiger partial charge on any atom is -0.275 e. The van der Waals surface area contributed by atoms with Crippen molar-refractivity contribution in [1.82, 2.24) is 10.6 Å². The van der Waals surface area contributed by atoms with E-state index in [2.05, 4.69) is 29.1 Å². The molecule has 2 N–H and O–H groups in total. The molecule has 3 aliphatic rings. The monoisotopic (exact) mass is 306 g/mol. The van der Waals surface area contributed by atoms with Gasteiger partial charge in [-0.2, -0.15) is 0 Å². The third-order valence-electron chi connectivity index (χ3n) is 5.94. The molecule has 0 bridgehead atoms. The summed E-state index contributed by atoms with van der Waals surface area (Å²) in [6.45, 7) is 4.63. The molecule has 1 saturated heterocycles. The van der Waals surface area contributed by atoms with E-state index in [4.69, 9.17) is 0 Å². The van der Waals surface area contributed by atoms with Crippen molar-refractivity contribution in [3.8, 4) is 0 Å². The first-order chi connectivity index (χ1) is 10.8. The van der Waals surface area contributed by atoms with E-state index in [1.54, 1.807) is 0 Å². The van der Waals surface area contributed by atoms with Crippen LogP contribution in [0.4, 0.5) is 0 Å². The molecule has 3 nitrogen and oxygen atoms in total. The number of guanidine groups is 1. The van der Waals surface area contributed by atoms with Crippen molar-refractivity contribution < 1.29 is 4.58 Å². The number of nitrogens with zero attached hydrogens (tertiary/aromatic N) is 1. The second-order valence-electron chi connectivity index (χ2n) is 7.91. The first-order valence-corrected chi connectivity index (χ1v) is 9.96. The smallest absolute Gasteiger partial charge is 0.275 e. The van der Waals surface area contributed by atoms with Crippen molar-refractivity contribution in [2.75, 3.05) is 0 Å². The molecule has 3 aliphatic heterocycles. The molecule has 1 fully saturated rings. The Morgan fingerprint density at radius 1 is 0.909 bits per heavy atom. The van der Waals surface area contributed by atoms with Gasteiger partial charge in [0.25, 0.3) is 0 Å². The van der Waals surface area contributed by atoms with Gasteiger partial charge in [0.2, 0.25) is 0 Å². The van der Waals surface area contributed by atoms with Gasteiger partial charge >= 0.3 is 5.96 Å². The molecule has 0 amide bonds. The highest BCUT2D eigenvalue weighted by molar-refractivity contribution is 5.76. The summed E-state index contributed by atoms with van der Waals surface area (Å²) in [6.07, 6.45) is 16.8. The Hall–Kier alpha value is -0.730. The number of hydrogen-bond donors (Lipinski definition) is 2. The quantitative estimate of drug-likeness (QED) is 0.527. The summed E-state index contributed by atoms with van der Waals surface area (Å²) in [6, 6.07) is 2.97. The average molecular weight is 307 g/mol. The van der Waals surface area contributed by atoms with Crippen LogP contribution in [0.2, 0.25) is 0 Å². The highest BCUT2D eigenvalue weighted by Gasteiger charge is 2.44. The van der Waals surface area contributed by atoms with Crippen LogP contribution >= 0.6 is 0 Å². The van der Waals surface area contributed by atoms with Crippen LogP contribution < -0.4 is 10.6 Å². The lowest BCUT2D eigenvalue weighted by molar-refractivity contribution is -0.593. The number of hydrogen-bond acceptors (Lipinski definition) is 2. The van der Waals surface area contributed by atoms with E-state index in [-0.39, 0.29) is 0 Å². The fourth-order valence-electron chi connectivity index (χ4n) is 4.80. The van der Waals surface area contributed by atoms with Gasteiger partial charge in [0, 0.05) is 12.8 Å². The SMILES string of the molecule is CCCCCCCCC[C@@H]1CC2CCC3C[C@H](C)NC(=[N+]23)N1. The van der Waals surface area contributed by atoms with E-state index in [1.165, 1.54) is 83.0 Å². The highest BCUT2D eigenvalue weighted by Crippen LogP contribution is 2.31. The maximum atomic E-state index is 3.83. The molecule has 4 atom stereocenters. The molecular formula is C19H36N3+. The van der Waals surface area contributed by atoms with Crippen LogP contribution in [-0.4, -0.2) is 34.7 Å². The van der Waals surface area contributed by atoms with Crippen molar-refractivity contribution in [3.63, 3.8) is 0 Å². The summed E-state index contributed by atoms with van der Waals surface area (Å²) in [5, 5.41) is 7.53. The normalized spacial score (nSPS) is 33.4. The summed E-state index contributed by atoms with van der Waals surface area (Å²) in [4.78, 5) is 0. The van der Waals surface area contributed by atoms with Crippen molar-refractivity contribution in [3.05, 3.63) is 0 Å². The van der Waals surface area contributed by atoms with Crippen molar-refractivity contribution in [2.45, 2.75) is 115 Å². The summed E-state index contributed by atoms with van der Waals surface area (Å²) < 4.78 is 2.68. The molecular weight excluding hydrogens is 270 g/mol. The van der Waals surface area contributed by atoms with Gasteiger partial charge in [0.1, 0.15) is 0 Å². The van der Waals surface area contributed by atoms with Crippen LogP contribution in [-0.2, 0) is 0 Å². The van der Waals surface area contributed by atoms with E-state index in [0.29, 0.717) is 12.1 Å². The van der Waals surface area contributed by atoms with Crippen molar-refractivity contribution >= 4 is 5.96 Å². The van der Waals surface area contributed by atoms with Gasteiger partial charge in [-0.05, 0) is 26.2 Å². The number of unbranched alkanes of at least 4 members (excludes halogenated alkanes) is 6. The topological polar surface area (TPSA) is 27.1 Å². The predicted octanol–water partition coefficient (Wildman–Crippen LogP) is 3.77. The molecule has 0 radical (unpaired) electrons. The molecule has 126 valence electrons. The zero-order valence-electron chi connectivity index (χ0n) is 14.7. The molecule has 0 saturated carbocycles. The van der Waals surface area contributed by atoms with Gasteiger partial charge in [-0.3, -0.25) is 15.2 Å². The zero-order valence-corrected chi connectivity index (χ0v) is 14.7. The summed E-state index contributed by atoms with van der Waals surface area (Å²) in [7, 11) is 0. The largest absolute Gasteiger partial charge is 0.346 e. The van der Waals surface area contributed by atoms with Gasteiger partial charge in [-0.25, -0.2) is 0 Å². The Morgan fingerprint density at radius 2 is 1.59 bits per heavy atom. The summed E-state index contributed by atoms with van der Waals surface area (Å²) in [5.41, 5.74) is 0. The van der Waals surface area contributed by atoms with Crippen LogP contribution in [0.5, 0.6) is 0 Å². The predicted molar refractivity (Wildman–Crippen MR) is 93.4 cm³/mol. The minimum absolute atomic E-state index is 0.639. The number of rotatable bonds is 8. The van der Waals surface area contributed by atoms with Gasteiger partial charge < -0.3 is 0 Å². The maximum absolute atomic E-state index is 3.83. The van der Waals surface area contributed by atoms with Crippen LogP contribution in [0.1, 0.15) is 90.9 Å². The first kappa shape index (κ1) is 16.1. The average Bonchev–Trinajstić information content (AvgIpc) is 2.90. The lowest BCUT2D eigenvalue weighted by Crippen LogP contribution is -2.61. The molecule has 0 aromatic carbocycles. The summed E-state index contributed by atoms with van der Waals surface area (Å²) >= 11 is 0. The number of nitrogens with one attached hydrogen (secondary N) is 2. The van der Waals surface area contributed by atoms with Crippen LogP contribution in [0.25, 0.3) is 0 Å². The highest BCUT2D eigenvalue weighted by atomic mass is 15.3. The molecule has 3 rings (SSSR count). The van der Waals surface area contributed by atoms with Crippen LogP contribution in [0.15, 0.2) is 0 Å². The van der Waals surface area contributed by atoms with Gasteiger partial charge in [0.05, 0.1) is 24.2 Å². The molecule has 0 aromatic heterocycles. The molecule has 3 heteroatoms. The molecule has 3 heterocycles. The van der Waals surface area contributed by atoms with Crippen molar-refractivity contribution in [2.24, 2.45) is 0 Å². The second-order valence-corrected chi connectivity index (χ2v) is 7.91. The standard InChI is InChI=1S/C19H35N3/c1-3-4-5-6-7-8-9-10-16-14-18-12-11-17-13-15(2)20-19(21-16)22(17)18/h15-18H,3-14H2,1-2H3,(H,20,21)/p+1/t15-,16+,17?,18?/m0/s1. The Bertz CT molecular complexity index is 390. The maximum Gasteiger partial charge on any atom is 0.346 e. The Kier molecular flexibility index (Phi) is 5.65. The van der Waals surface area contributed by atoms with Crippen LogP contribution in [0.3, 0.4) is 0 Å². The molecule has 0 spiro atoms. The first-order valence-electron chi connectivity index (χ1n) is 9.96. The van der Waals surface area contributed by atoms with Gasteiger partial charge in [0.15, 0.2) is 0 Å². The Labute approximate surface area is 136 Å². The van der Waals surface area contributed by atoms with Gasteiger partial charge in [-0.15, -0.1) is 0 Å². The molecule has 0 aromatic rings. The fraction of sp³-hybridized carbons (Fsp3) is 0.947. The molecule has 22 heavy (non-hydrogen) atoms. The third-order valence-corrected chi connectivity index (χ3v) is 5.94. The molecule has 2 unspecified atom stereocenters. The lowest BCUT2D eigenvalue weighted by Gasteiger charge is -2.35. The van der Waals surface area contributed by atoms with Crippen LogP contribution in [0, 0.1) is 0 Å². The van der Waals surface area contributed by atoms with E-state index >= 15 is 0 Å². The summed E-state index contributed by atoms with van der Waals surface area (Å²) in [5.74, 6) is 1.37. The van der Waals surface area contributed by atoms with E-state index in [9.17, 15) is 0 Å². The van der Waals surface area contributed by atoms with Crippen molar-refractivity contribution in [1.29, 1.82) is 0 Å². The minimum atomic E-state index is 0.639. The Morgan fingerprint density at radius 3 is 2.36 bits per heavy atom. The van der Waals surface area contributed by atoms with E-state index < -0.39 is 0 Å². The Balaban J connectivity index is 1.41. The van der Waals surface area contributed by atoms with Gasteiger partial charge in [-0.1, -0.05) is 51.9 Å². The fourth-order valence-corrected chi connectivity index (χ4v) is 4.80. The van der Waals surface area contributed by atoms with E-state index in [1.807, 2.05) is 0 Å². The zero-order chi connectivity index (χ0) is 15.4. The third kappa shape index (κ3) is 3.78. The second kappa shape index (κ2) is 7.70.